The van der Waals surface area contributed by atoms with Crippen molar-refractivity contribution in [2.45, 2.75) is 20.3 Å². The normalized spacial score (nSPS) is 10.4. The Balaban J connectivity index is 0.00000225. The molecule has 0 fully saturated rings. The van der Waals surface area contributed by atoms with Gasteiger partial charge in [0, 0.05) is 5.56 Å². The number of hydrogen-bond acceptors (Lipinski definition) is 2. The number of ketones is 1. The van der Waals surface area contributed by atoms with E-state index in [4.69, 9.17) is 0 Å². The van der Waals surface area contributed by atoms with Crippen LogP contribution in [0.4, 0.5) is 0 Å². The molecule has 0 heterocycles. The van der Waals surface area contributed by atoms with E-state index in [1.54, 1.807) is 12.1 Å². The van der Waals surface area contributed by atoms with Crippen molar-refractivity contribution in [2.75, 3.05) is 0 Å². The second kappa shape index (κ2) is 7.66. The van der Waals surface area contributed by atoms with Gasteiger partial charge in [0.15, 0.2) is 5.78 Å². The smallest absolute Gasteiger partial charge is 0.878 e. The van der Waals surface area contributed by atoms with E-state index in [1.165, 1.54) is 5.56 Å². The van der Waals surface area contributed by atoms with Crippen molar-refractivity contribution in [2.24, 2.45) is 5.92 Å². The first-order chi connectivity index (χ1) is 7.13. The van der Waals surface area contributed by atoms with Crippen LogP contribution in [0, 0.1) is 5.92 Å². The van der Waals surface area contributed by atoms with Crippen LogP contribution in [-0.4, -0.2) is 5.78 Å². The molecule has 16 heavy (non-hydrogen) atoms. The number of benzene rings is 1. The molecule has 0 amide bonds. The van der Waals surface area contributed by atoms with Crippen molar-refractivity contribution in [3.8, 4) is 0 Å². The summed E-state index contributed by atoms with van der Waals surface area (Å²) in [4.78, 5) is 11.3. The Morgan fingerprint density at radius 1 is 1.31 bits per heavy atom. The molecule has 80 valence electrons. The van der Waals surface area contributed by atoms with Gasteiger partial charge in [-0.25, -0.2) is 0 Å². The molecule has 0 N–H and O–H groups in total. The van der Waals surface area contributed by atoms with Gasteiger partial charge < -0.3 is 5.11 Å². The van der Waals surface area contributed by atoms with Gasteiger partial charge in [0.25, 0.3) is 0 Å². The first-order valence-corrected chi connectivity index (χ1v) is 5.05. The largest absolute Gasteiger partial charge is 1.00 e. The van der Waals surface area contributed by atoms with Crippen LogP contribution < -0.4 is 34.7 Å². The van der Waals surface area contributed by atoms with Crippen LogP contribution in [0.3, 0.4) is 0 Å². The maximum atomic E-state index is 11.3. The molecule has 1 rings (SSSR count). The van der Waals surface area contributed by atoms with Crippen LogP contribution in [0.15, 0.2) is 36.6 Å². The number of hydrogen-bond donors (Lipinski definition) is 0. The van der Waals surface area contributed by atoms with E-state index < -0.39 is 0 Å². The molecule has 2 nitrogen and oxygen atoms in total. The number of carbonyl (C=O) groups excluding carboxylic acids is 1. The summed E-state index contributed by atoms with van der Waals surface area (Å²) in [6, 6.07) is 7.40. The van der Waals surface area contributed by atoms with Crippen LogP contribution in [0.25, 0.3) is 0 Å². The fraction of sp³-hybridized carbons (Fsp3) is 0.308. The Labute approximate surface area is 119 Å². The van der Waals surface area contributed by atoms with Gasteiger partial charge >= 0.3 is 29.6 Å². The molecule has 0 aliphatic carbocycles. The maximum absolute atomic E-state index is 11.3. The molecule has 0 atom stereocenters. The van der Waals surface area contributed by atoms with E-state index in [0.717, 1.165) is 12.5 Å². The quantitative estimate of drug-likeness (QED) is 0.284. The zero-order valence-corrected chi connectivity index (χ0v) is 12.1. The summed E-state index contributed by atoms with van der Waals surface area (Å²) in [6.07, 6.45) is 2.56. The Bertz CT molecular complexity index is 353. The Morgan fingerprint density at radius 3 is 2.31 bits per heavy atom. The van der Waals surface area contributed by atoms with Gasteiger partial charge in [0.2, 0.25) is 0 Å². The number of carbonyl (C=O) groups is 1. The summed E-state index contributed by atoms with van der Waals surface area (Å²) in [5, 5.41) is 10.1. The summed E-state index contributed by atoms with van der Waals surface area (Å²) in [6.45, 7) is 4.30. The maximum Gasteiger partial charge on any atom is 1.00 e. The molecule has 0 aliphatic rings. The Morgan fingerprint density at radius 2 is 1.88 bits per heavy atom. The number of rotatable bonds is 4. The van der Waals surface area contributed by atoms with Gasteiger partial charge in [-0.2, -0.15) is 0 Å². The third-order valence-corrected chi connectivity index (χ3v) is 2.10. The SMILES string of the molecule is CC(C)Cc1ccc(C(=O)C=C[O-])cc1.[Na+]. The van der Waals surface area contributed by atoms with Crippen LogP contribution in [0.1, 0.15) is 29.8 Å². The molecule has 0 radical (unpaired) electrons. The van der Waals surface area contributed by atoms with Crippen molar-refractivity contribution >= 4 is 5.78 Å². The summed E-state index contributed by atoms with van der Waals surface area (Å²) in [7, 11) is 0. The monoisotopic (exact) mass is 226 g/mol. The second-order valence-electron chi connectivity index (χ2n) is 3.96. The van der Waals surface area contributed by atoms with Crippen molar-refractivity contribution in [1.82, 2.24) is 0 Å². The predicted molar refractivity (Wildman–Crippen MR) is 58.5 cm³/mol. The number of allylic oxidation sites excluding steroid dienone is 1. The van der Waals surface area contributed by atoms with E-state index in [2.05, 4.69) is 13.8 Å². The standard InChI is InChI=1S/C13H16O2.Na/c1-10(2)9-11-3-5-12(6-4-11)13(15)7-8-14;/h3-8,10,14H,9H2,1-2H3;/q;+1/p-1. The van der Waals surface area contributed by atoms with Gasteiger partial charge in [-0.15, -0.1) is 6.26 Å². The van der Waals surface area contributed by atoms with E-state index >= 15 is 0 Å². The molecule has 0 aliphatic heterocycles. The molecule has 1 aromatic carbocycles. The topological polar surface area (TPSA) is 40.1 Å². The fourth-order valence-corrected chi connectivity index (χ4v) is 1.43. The van der Waals surface area contributed by atoms with Gasteiger partial charge in [-0.3, -0.25) is 4.79 Å². The van der Waals surface area contributed by atoms with Gasteiger partial charge in [-0.05, 0) is 24.0 Å². The summed E-state index contributed by atoms with van der Waals surface area (Å²) >= 11 is 0. The summed E-state index contributed by atoms with van der Waals surface area (Å²) < 4.78 is 0. The molecular formula is C13H15NaO2. The molecule has 0 saturated carbocycles. The summed E-state index contributed by atoms with van der Waals surface area (Å²) in [5.41, 5.74) is 1.78. The van der Waals surface area contributed by atoms with Gasteiger partial charge in [-0.1, -0.05) is 38.1 Å². The molecule has 0 spiro atoms. The third-order valence-electron chi connectivity index (χ3n) is 2.10. The zero-order chi connectivity index (χ0) is 11.3. The molecule has 1 aromatic rings. The minimum atomic E-state index is -0.235. The molecular weight excluding hydrogens is 211 g/mol. The summed E-state index contributed by atoms with van der Waals surface area (Å²) in [5.74, 6) is 0.370. The Kier molecular flexibility index (Phi) is 7.39. The van der Waals surface area contributed by atoms with E-state index in [-0.39, 0.29) is 35.3 Å². The first kappa shape index (κ1) is 15.4. The van der Waals surface area contributed by atoms with Crippen LogP contribution in [0.2, 0.25) is 0 Å². The Hall–Kier alpha value is -0.570. The minimum Gasteiger partial charge on any atom is -0.878 e. The predicted octanol–water partition coefficient (Wildman–Crippen LogP) is -1.05. The molecule has 3 heteroatoms. The van der Waals surface area contributed by atoms with E-state index in [9.17, 15) is 9.90 Å². The van der Waals surface area contributed by atoms with Crippen molar-refractivity contribution in [3.63, 3.8) is 0 Å². The van der Waals surface area contributed by atoms with E-state index in [1.807, 2.05) is 12.1 Å². The van der Waals surface area contributed by atoms with Crippen LogP contribution in [0.5, 0.6) is 0 Å². The minimum absolute atomic E-state index is 0. The molecule has 0 aromatic heterocycles. The van der Waals surface area contributed by atoms with Crippen LogP contribution >= 0.6 is 0 Å². The van der Waals surface area contributed by atoms with Gasteiger partial charge in [0.1, 0.15) is 0 Å². The average Bonchev–Trinajstić information content (AvgIpc) is 2.18. The second-order valence-corrected chi connectivity index (χ2v) is 3.96. The molecule has 0 bridgehead atoms. The van der Waals surface area contributed by atoms with E-state index in [0.29, 0.717) is 17.7 Å². The average molecular weight is 226 g/mol. The molecule has 0 saturated heterocycles. The first-order valence-electron chi connectivity index (χ1n) is 5.05. The third kappa shape index (κ3) is 4.97. The van der Waals surface area contributed by atoms with Crippen molar-refractivity contribution in [1.29, 1.82) is 0 Å². The van der Waals surface area contributed by atoms with Gasteiger partial charge in [0.05, 0.1) is 0 Å². The van der Waals surface area contributed by atoms with Crippen molar-refractivity contribution < 1.29 is 39.5 Å². The fourth-order valence-electron chi connectivity index (χ4n) is 1.43. The molecule has 0 unspecified atom stereocenters. The zero-order valence-electron chi connectivity index (χ0n) is 10.1. The van der Waals surface area contributed by atoms with Crippen molar-refractivity contribution in [3.05, 3.63) is 47.7 Å². The van der Waals surface area contributed by atoms with Crippen LogP contribution in [-0.2, 0) is 6.42 Å².